The molecule has 5 rings (SSSR count). The molecule has 6 nitrogen and oxygen atoms in total. The quantitative estimate of drug-likeness (QED) is 0.235. The topological polar surface area (TPSA) is 79.7 Å². The summed E-state index contributed by atoms with van der Waals surface area (Å²) in [4.78, 5) is 33.4. The molecule has 166 valence electrons. The Kier molecular flexibility index (Phi) is 5.26. The van der Waals surface area contributed by atoms with Gasteiger partial charge in [-0.05, 0) is 55.1 Å². The van der Waals surface area contributed by atoms with Gasteiger partial charge in [0.25, 0.3) is 5.78 Å². The number of aromatic nitrogens is 1. The fourth-order valence-electron chi connectivity index (χ4n) is 4.00. The minimum absolute atomic E-state index is 0.0768. The number of hydrogen-bond acceptors (Lipinski definition) is 7. The van der Waals surface area contributed by atoms with Gasteiger partial charge in [0.2, 0.25) is 0 Å². The van der Waals surface area contributed by atoms with E-state index in [1.807, 2.05) is 61.7 Å². The van der Waals surface area contributed by atoms with Crippen LogP contribution in [0.25, 0.3) is 16.0 Å². The van der Waals surface area contributed by atoms with Gasteiger partial charge in [0.15, 0.2) is 5.13 Å². The maximum Gasteiger partial charge on any atom is 0.301 e. The smallest absolute Gasteiger partial charge is 0.301 e. The number of amides is 1. The molecular formula is C25H20N2O4S2. The van der Waals surface area contributed by atoms with Crippen molar-refractivity contribution in [1.29, 1.82) is 0 Å². The van der Waals surface area contributed by atoms with E-state index < -0.39 is 17.7 Å². The Morgan fingerprint density at radius 3 is 2.67 bits per heavy atom. The number of aryl methyl sites for hydroxylation is 2. The lowest BCUT2D eigenvalue weighted by atomic mass is 9.96. The summed E-state index contributed by atoms with van der Waals surface area (Å²) in [5, 5.41) is 13.6. The number of carbonyl (C=O) groups excluding carboxylic acids is 2. The number of carbonyl (C=O) groups is 2. The molecular weight excluding hydrogens is 456 g/mol. The van der Waals surface area contributed by atoms with Crippen molar-refractivity contribution in [3.05, 3.63) is 81.1 Å². The van der Waals surface area contributed by atoms with Crippen molar-refractivity contribution in [2.45, 2.75) is 19.9 Å². The minimum atomic E-state index is -0.757. The molecule has 1 unspecified atom stereocenters. The number of Topliss-reactive ketones (excluding diaryl/α,β-unsaturated/α-hetero) is 1. The third-order valence-electron chi connectivity index (χ3n) is 5.70. The number of ether oxygens (including phenoxy) is 1. The zero-order chi connectivity index (χ0) is 23.3. The van der Waals surface area contributed by atoms with Gasteiger partial charge >= 0.3 is 5.91 Å². The molecule has 8 heteroatoms. The van der Waals surface area contributed by atoms with E-state index in [2.05, 4.69) is 4.98 Å². The van der Waals surface area contributed by atoms with Crippen molar-refractivity contribution < 1.29 is 19.4 Å². The summed E-state index contributed by atoms with van der Waals surface area (Å²) < 4.78 is 6.14. The van der Waals surface area contributed by atoms with Gasteiger partial charge < -0.3 is 9.84 Å². The molecule has 4 aromatic rings. The molecule has 0 radical (unpaired) electrons. The molecule has 33 heavy (non-hydrogen) atoms. The van der Waals surface area contributed by atoms with Crippen LogP contribution >= 0.6 is 22.7 Å². The highest BCUT2D eigenvalue weighted by atomic mass is 32.1. The Bertz CT molecular complexity index is 1440. The first-order valence-electron chi connectivity index (χ1n) is 10.3. The van der Waals surface area contributed by atoms with Crippen LogP contribution in [0.1, 0.15) is 27.6 Å². The first kappa shape index (κ1) is 21.4. The van der Waals surface area contributed by atoms with Gasteiger partial charge in [-0.15, -0.1) is 11.3 Å². The van der Waals surface area contributed by atoms with Crippen LogP contribution in [0.15, 0.2) is 59.5 Å². The van der Waals surface area contributed by atoms with Crippen LogP contribution in [-0.2, 0) is 9.59 Å². The number of nitrogens with zero attached hydrogens (tertiary/aromatic N) is 2. The summed E-state index contributed by atoms with van der Waals surface area (Å²) in [5.41, 5.74) is 3.10. The van der Waals surface area contributed by atoms with E-state index in [1.54, 1.807) is 13.2 Å². The first-order chi connectivity index (χ1) is 15.9. The van der Waals surface area contributed by atoms with E-state index >= 15 is 0 Å². The predicted molar refractivity (Wildman–Crippen MR) is 131 cm³/mol. The Labute approximate surface area is 198 Å². The van der Waals surface area contributed by atoms with Gasteiger partial charge in [0.1, 0.15) is 17.6 Å². The number of aliphatic hydroxyl groups excluding tert-OH is 1. The van der Waals surface area contributed by atoms with Gasteiger partial charge in [0.05, 0.1) is 22.9 Å². The van der Waals surface area contributed by atoms with Crippen molar-refractivity contribution in [3.63, 3.8) is 0 Å². The molecule has 0 bridgehead atoms. The highest BCUT2D eigenvalue weighted by Gasteiger charge is 2.48. The second-order valence-electron chi connectivity index (χ2n) is 7.83. The largest absolute Gasteiger partial charge is 0.507 e. The molecule has 1 atom stereocenters. The molecule has 0 aliphatic carbocycles. The summed E-state index contributed by atoms with van der Waals surface area (Å²) in [6, 6.07) is 14.1. The molecule has 1 N–H and O–H groups in total. The van der Waals surface area contributed by atoms with Crippen molar-refractivity contribution in [1.82, 2.24) is 4.98 Å². The first-order valence-corrected chi connectivity index (χ1v) is 11.9. The molecule has 1 aliphatic heterocycles. The number of thiazole rings is 1. The van der Waals surface area contributed by atoms with Crippen LogP contribution in [0.3, 0.4) is 0 Å². The maximum atomic E-state index is 13.3. The predicted octanol–water partition coefficient (Wildman–Crippen LogP) is 5.61. The number of fused-ring (bicyclic) bond motifs is 1. The van der Waals surface area contributed by atoms with Crippen molar-refractivity contribution in [2.24, 2.45) is 0 Å². The van der Waals surface area contributed by atoms with E-state index in [0.717, 1.165) is 20.7 Å². The van der Waals surface area contributed by atoms with E-state index in [4.69, 9.17) is 4.74 Å². The molecule has 0 spiro atoms. The molecule has 1 amide bonds. The number of hydrogen-bond donors (Lipinski definition) is 1. The zero-order valence-electron chi connectivity index (χ0n) is 18.2. The summed E-state index contributed by atoms with van der Waals surface area (Å²) in [6.07, 6.45) is 0. The maximum absolute atomic E-state index is 13.3. The van der Waals surface area contributed by atoms with Crippen LogP contribution in [0, 0.1) is 13.8 Å². The Morgan fingerprint density at radius 2 is 1.94 bits per heavy atom. The second kappa shape index (κ2) is 8.13. The second-order valence-corrected chi connectivity index (χ2v) is 9.82. The van der Waals surface area contributed by atoms with Gasteiger partial charge in [-0.1, -0.05) is 35.1 Å². The van der Waals surface area contributed by atoms with E-state index in [9.17, 15) is 14.7 Å². The monoisotopic (exact) mass is 476 g/mol. The number of ketones is 1. The average Bonchev–Trinajstić information content (AvgIpc) is 3.53. The van der Waals surface area contributed by atoms with E-state index in [1.165, 1.54) is 27.6 Å². The van der Waals surface area contributed by atoms with Crippen molar-refractivity contribution >= 4 is 55.5 Å². The molecule has 3 heterocycles. The van der Waals surface area contributed by atoms with Crippen LogP contribution in [0.4, 0.5) is 5.13 Å². The van der Waals surface area contributed by atoms with Crippen molar-refractivity contribution in [2.75, 3.05) is 12.0 Å². The molecule has 1 saturated heterocycles. The Balaban J connectivity index is 1.72. The zero-order valence-corrected chi connectivity index (χ0v) is 19.8. The fraction of sp³-hybridized carbons (Fsp3) is 0.160. The molecule has 0 saturated carbocycles. The lowest BCUT2D eigenvalue weighted by Crippen LogP contribution is -2.28. The van der Waals surface area contributed by atoms with Crippen LogP contribution in [-0.4, -0.2) is 28.9 Å². The summed E-state index contributed by atoms with van der Waals surface area (Å²) in [7, 11) is 1.59. The van der Waals surface area contributed by atoms with Crippen molar-refractivity contribution in [3.8, 4) is 5.75 Å². The SMILES string of the molecule is COc1ccc2nc(N3C(=O)C(=O)C(=C(O)c4cc(C)ccc4C)C3c3cccs3)sc2c1. The normalized spacial score (nSPS) is 17.8. The standard InChI is InChI=1S/C25H20N2O4S2/c1-13-6-7-14(2)16(11-13)22(28)20-21(18-5-4-10-32-18)27(24(30)23(20)29)25-26-17-9-8-15(31-3)12-19(17)33-25/h4-12,21,28H,1-3H3. The Hall–Kier alpha value is -3.49. The number of anilines is 1. The molecule has 2 aromatic heterocycles. The number of aliphatic hydroxyl groups is 1. The summed E-state index contributed by atoms with van der Waals surface area (Å²) >= 11 is 2.73. The lowest BCUT2D eigenvalue weighted by Gasteiger charge is -2.21. The van der Waals surface area contributed by atoms with Crippen LogP contribution in [0.5, 0.6) is 5.75 Å². The summed E-state index contributed by atoms with van der Waals surface area (Å²) in [5.74, 6) is -0.905. The molecule has 2 aromatic carbocycles. The van der Waals surface area contributed by atoms with Gasteiger partial charge in [-0.25, -0.2) is 4.98 Å². The van der Waals surface area contributed by atoms with Crippen LogP contribution < -0.4 is 9.64 Å². The van der Waals surface area contributed by atoms with Gasteiger partial charge in [-0.2, -0.15) is 0 Å². The summed E-state index contributed by atoms with van der Waals surface area (Å²) in [6.45, 7) is 3.78. The number of rotatable bonds is 4. The lowest BCUT2D eigenvalue weighted by molar-refractivity contribution is -0.132. The van der Waals surface area contributed by atoms with Gasteiger partial charge in [0, 0.05) is 10.4 Å². The molecule has 1 fully saturated rings. The van der Waals surface area contributed by atoms with Crippen LogP contribution in [0.2, 0.25) is 0 Å². The van der Waals surface area contributed by atoms with Gasteiger partial charge in [-0.3, -0.25) is 14.5 Å². The number of methoxy groups -OCH3 is 1. The van der Waals surface area contributed by atoms with E-state index in [0.29, 0.717) is 22.0 Å². The Morgan fingerprint density at radius 1 is 1.12 bits per heavy atom. The minimum Gasteiger partial charge on any atom is -0.507 e. The van der Waals surface area contributed by atoms with E-state index in [-0.39, 0.29) is 11.3 Å². The number of benzene rings is 2. The average molecular weight is 477 g/mol. The molecule has 1 aliphatic rings. The highest BCUT2D eigenvalue weighted by molar-refractivity contribution is 7.22. The third-order valence-corrected chi connectivity index (χ3v) is 7.64. The number of thiophene rings is 1. The highest BCUT2D eigenvalue weighted by Crippen LogP contribution is 2.46. The fourth-order valence-corrected chi connectivity index (χ4v) is 5.85. The third kappa shape index (κ3) is 3.51.